The van der Waals surface area contributed by atoms with Crippen LogP contribution in [0.1, 0.15) is 52.9 Å². The third-order valence-electron chi connectivity index (χ3n) is 4.41. The van der Waals surface area contributed by atoms with Crippen molar-refractivity contribution in [2.45, 2.75) is 65.0 Å². The molecule has 1 fully saturated rings. The van der Waals surface area contributed by atoms with Crippen molar-refractivity contribution >= 4 is 10.2 Å². The molecule has 2 atom stereocenters. The van der Waals surface area contributed by atoms with Crippen molar-refractivity contribution < 1.29 is 8.42 Å². The van der Waals surface area contributed by atoms with Crippen LogP contribution in [0, 0.1) is 5.92 Å². The second kappa shape index (κ2) is 8.32. The first-order chi connectivity index (χ1) is 9.46. The lowest BCUT2D eigenvalue weighted by molar-refractivity contribution is 0.242. The minimum absolute atomic E-state index is 0.00726. The average Bonchev–Trinajstić information content (AvgIpc) is 2.40. The van der Waals surface area contributed by atoms with Gasteiger partial charge in [0.15, 0.2) is 0 Å². The topological polar surface area (TPSA) is 61.4 Å². The van der Waals surface area contributed by atoms with Crippen molar-refractivity contribution in [3.63, 3.8) is 0 Å². The highest BCUT2D eigenvalue weighted by atomic mass is 32.2. The zero-order valence-electron chi connectivity index (χ0n) is 13.4. The third kappa shape index (κ3) is 4.69. The van der Waals surface area contributed by atoms with Gasteiger partial charge >= 0.3 is 0 Å². The molecular weight excluding hydrogens is 274 g/mol. The van der Waals surface area contributed by atoms with Crippen LogP contribution in [0.2, 0.25) is 0 Å². The molecule has 1 rings (SSSR count). The summed E-state index contributed by atoms with van der Waals surface area (Å²) in [4.78, 5) is 0. The first kappa shape index (κ1) is 17.9. The Balaban J connectivity index is 2.75. The van der Waals surface area contributed by atoms with Crippen LogP contribution in [0.3, 0.4) is 0 Å². The monoisotopic (exact) mass is 305 g/mol. The molecule has 1 aliphatic rings. The van der Waals surface area contributed by atoms with Crippen LogP contribution < -0.4 is 10.0 Å². The lowest BCUT2D eigenvalue weighted by atomic mass is 9.96. The fraction of sp³-hybridized carbons (Fsp3) is 1.00. The van der Waals surface area contributed by atoms with Crippen molar-refractivity contribution in [3.05, 3.63) is 0 Å². The minimum atomic E-state index is -3.38. The molecule has 0 bridgehead atoms. The molecule has 6 heteroatoms. The van der Waals surface area contributed by atoms with Crippen LogP contribution >= 0.6 is 0 Å². The predicted molar refractivity (Wildman–Crippen MR) is 83.9 cm³/mol. The molecule has 2 unspecified atom stereocenters. The Morgan fingerprint density at radius 2 is 1.90 bits per heavy atom. The van der Waals surface area contributed by atoms with Crippen molar-refractivity contribution in [2.24, 2.45) is 5.92 Å². The Hall–Kier alpha value is -0.170. The van der Waals surface area contributed by atoms with Gasteiger partial charge in [-0.3, -0.25) is 0 Å². The molecular formula is C14H31N3O2S. The molecule has 1 aliphatic heterocycles. The zero-order chi connectivity index (χ0) is 15.2. The van der Waals surface area contributed by atoms with Gasteiger partial charge in [-0.25, -0.2) is 0 Å². The molecule has 0 saturated carbocycles. The van der Waals surface area contributed by atoms with E-state index < -0.39 is 10.2 Å². The molecule has 0 aromatic carbocycles. The van der Waals surface area contributed by atoms with Crippen molar-refractivity contribution in [3.8, 4) is 0 Å². The van der Waals surface area contributed by atoms with E-state index in [1.807, 2.05) is 14.0 Å². The maximum atomic E-state index is 12.6. The van der Waals surface area contributed by atoms with Gasteiger partial charge < -0.3 is 5.32 Å². The molecule has 20 heavy (non-hydrogen) atoms. The Morgan fingerprint density at radius 3 is 2.45 bits per heavy atom. The zero-order valence-corrected chi connectivity index (χ0v) is 14.2. The van der Waals surface area contributed by atoms with Gasteiger partial charge in [-0.1, -0.05) is 33.1 Å². The van der Waals surface area contributed by atoms with E-state index in [-0.39, 0.29) is 12.1 Å². The summed E-state index contributed by atoms with van der Waals surface area (Å²) in [7, 11) is -1.50. The summed E-state index contributed by atoms with van der Waals surface area (Å²) in [6, 6.07) is 0.0762. The lowest BCUT2D eigenvalue weighted by Gasteiger charge is -2.36. The molecule has 120 valence electrons. The third-order valence-corrected chi connectivity index (χ3v) is 6.18. The quantitative estimate of drug-likeness (QED) is 0.718. The summed E-state index contributed by atoms with van der Waals surface area (Å²) in [5.41, 5.74) is 0. The van der Waals surface area contributed by atoms with Gasteiger partial charge in [-0.15, -0.1) is 0 Å². The summed E-state index contributed by atoms with van der Waals surface area (Å²) in [5.74, 6) is 0.400. The minimum Gasteiger partial charge on any atom is -0.318 e. The molecule has 1 saturated heterocycles. The summed E-state index contributed by atoms with van der Waals surface area (Å²) in [6.45, 7) is 7.57. The molecule has 0 spiro atoms. The van der Waals surface area contributed by atoms with E-state index in [1.165, 1.54) is 0 Å². The molecule has 5 nitrogen and oxygen atoms in total. The molecule has 0 aliphatic carbocycles. The number of nitrogens with one attached hydrogen (secondary N) is 2. The summed E-state index contributed by atoms with van der Waals surface area (Å²) < 4.78 is 29.8. The van der Waals surface area contributed by atoms with Crippen molar-refractivity contribution in [1.82, 2.24) is 14.3 Å². The number of piperidine rings is 1. The Morgan fingerprint density at radius 1 is 1.25 bits per heavy atom. The van der Waals surface area contributed by atoms with Crippen LogP contribution in [0.4, 0.5) is 0 Å². The maximum absolute atomic E-state index is 12.6. The normalized spacial score (nSPS) is 23.1. The van der Waals surface area contributed by atoms with E-state index in [0.29, 0.717) is 12.5 Å². The fourth-order valence-corrected chi connectivity index (χ4v) is 4.86. The van der Waals surface area contributed by atoms with Gasteiger partial charge in [-0.2, -0.15) is 17.4 Å². The molecule has 0 amide bonds. The highest BCUT2D eigenvalue weighted by Crippen LogP contribution is 2.21. The van der Waals surface area contributed by atoms with E-state index in [0.717, 1.165) is 38.6 Å². The maximum Gasteiger partial charge on any atom is 0.279 e. The molecule has 1 heterocycles. The second-order valence-corrected chi connectivity index (χ2v) is 7.46. The molecule has 2 N–H and O–H groups in total. The van der Waals surface area contributed by atoms with Crippen LogP contribution in [0.5, 0.6) is 0 Å². The van der Waals surface area contributed by atoms with Crippen LogP contribution in [-0.2, 0) is 10.2 Å². The highest BCUT2D eigenvalue weighted by Gasteiger charge is 2.33. The van der Waals surface area contributed by atoms with Gasteiger partial charge in [0.25, 0.3) is 10.2 Å². The molecule has 0 radical (unpaired) electrons. The summed E-state index contributed by atoms with van der Waals surface area (Å²) in [5, 5.41) is 3.10. The predicted octanol–water partition coefficient (Wildman–Crippen LogP) is 1.72. The van der Waals surface area contributed by atoms with Gasteiger partial charge in [-0.05, 0) is 32.7 Å². The number of hydrogen-bond acceptors (Lipinski definition) is 3. The van der Waals surface area contributed by atoms with E-state index >= 15 is 0 Å². The SMILES string of the molecule is CCC(CC)C(C)NS(=O)(=O)N1CCCCC1CNC. The smallest absolute Gasteiger partial charge is 0.279 e. The summed E-state index contributed by atoms with van der Waals surface area (Å²) in [6.07, 6.45) is 5.02. The van der Waals surface area contributed by atoms with Crippen LogP contribution in [0.15, 0.2) is 0 Å². The first-order valence-corrected chi connectivity index (χ1v) is 9.33. The van der Waals surface area contributed by atoms with Crippen LogP contribution in [0.25, 0.3) is 0 Å². The molecule has 0 aromatic heterocycles. The van der Waals surface area contributed by atoms with Crippen LogP contribution in [-0.4, -0.2) is 44.9 Å². The van der Waals surface area contributed by atoms with E-state index in [9.17, 15) is 8.42 Å². The fourth-order valence-electron chi connectivity index (χ4n) is 3.12. The average molecular weight is 305 g/mol. The van der Waals surface area contributed by atoms with Gasteiger partial charge in [0.05, 0.1) is 0 Å². The Bertz CT molecular complexity index is 367. The number of nitrogens with zero attached hydrogens (tertiary/aromatic N) is 1. The van der Waals surface area contributed by atoms with Crippen molar-refractivity contribution in [2.75, 3.05) is 20.1 Å². The Kier molecular flexibility index (Phi) is 7.43. The second-order valence-electron chi connectivity index (χ2n) is 5.81. The van der Waals surface area contributed by atoms with E-state index in [2.05, 4.69) is 23.9 Å². The van der Waals surface area contributed by atoms with Crippen molar-refractivity contribution in [1.29, 1.82) is 0 Å². The summed E-state index contributed by atoms with van der Waals surface area (Å²) >= 11 is 0. The largest absolute Gasteiger partial charge is 0.318 e. The first-order valence-electron chi connectivity index (χ1n) is 7.89. The highest BCUT2D eigenvalue weighted by molar-refractivity contribution is 7.87. The molecule has 0 aromatic rings. The Labute approximate surface area is 124 Å². The van der Waals surface area contributed by atoms with E-state index in [4.69, 9.17) is 0 Å². The standard InChI is InChI=1S/C14H31N3O2S/c1-5-13(6-2)12(3)16-20(18,19)17-10-8-7-9-14(17)11-15-4/h12-16H,5-11H2,1-4H3. The number of hydrogen-bond donors (Lipinski definition) is 2. The van der Waals surface area contributed by atoms with Gasteiger partial charge in [0.1, 0.15) is 0 Å². The van der Waals surface area contributed by atoms with E-state index in [1.54, 1.807) is 4.31 Å². The lowest BCUT2D eigenvalue weighted by Crippen LogP contribution is -2.54. The number of rotatable bonds is 8. The number of likely N-dealkylation sites (N-methyl/N-ethyl adjacent to an activating group) is 1. The van der Waals surface area contributed by atoms with Gasteiger partial charge in [0, 0.05) is 25.2 Å². The van der Waals surface area contributed by atoms with Gasteiger partial charge in [0.2, 0.25) is 0 Å².